The van der Waals surface area contributed by atoms with Gasteiger partial charge >= 0.3 is 5.97 Å². The Labute approximate surface area is 294 Å². The standard InChI is InChI=1S/C40H48N4O6/c1-4-18-44(19-5-2)39(46)32-22-31(38(42)45)23-33(24-32)40(47)50-37(26-43-25-30-12-9-13-35(20-30)48-3)36(41)21-28-14-16-34(17-15-28)49-27-29-10-7-6-8-11-29/h6-17,20,22-24,36-37,43H,4-5,18-19,21,25-27,41H2,1-3H3,(H2,42,45)/t36-,37+/m0/s1. The van der Waals surface area contributed by atoms with E-state index in [0.29, 0.717) is 32.7 Å². The summed E-state index contributed by atoms with van der Waals surface area (Å²) in [6.45, 7) is 6.23. The normalized spacial score (nSPS) is 12.1. The van der Waals surface area contributed by atoms with Crippen LogP contribution in [0.1, 0.15) is 74.5 Å². The van der Waals surface area contributed by atoms with Crippen LogP contribution in [0.4, 0.5) is 0 Å². The van der Waals surface area contributed by atoms with Crippen molar-refractivity contribution in [1.29, 1.82) is 0 Å². The monoisotopic (exact) mass is 680 g/mol. The quantitative estimate of drug-likeness (QED) is 0.110. The summed E-state index contributed by atoms with van der Waals surface area (Å²) in [5.74, 6) is -0.291. The number of rotatable bonds is 19. The first-order valence-corrected chi connectivity index (χ1v) is 17.0. The van der Waals surface area contributed by atoms with Gasteiger partial charge in [0.1, 0.15) is 24.2 Å². The molecule has 0 aliphatic rings. The fourth-order valence-corrected chi connectivity index (χ4v) is 5.54. The molecule has 0 spiro atoms. The van der Waals surface area contributed by atoms with E-state index in [4.69, 9.17) is 25.7 Å². The number of carbonyl (C=O) groups is 3. The first-order chi connectivity index (χ1) is 24.2. The smallest absolute Gasteiger partial charge is 0.338 e. The van der Waals surface area contributed by atoms with Gasteiger partial charge in [-0.1, -0.05) is 68.4 Å². The molecule has 50 heavy (non-hydrogen) atoms. The van der Waals surface area contributed by atoms with Gasteiger partial charge in [0.25, 0.3) is 5.91 Å². The van der Waals surface area contributed by atoms with Crippen molar-refractivity contribution < 1.29 is 28.6 Å². The van der Waals surface area contributed by atoms with E-state index in [1.54, 1.807) is 12.0 Å². The predicted molar refractivity (Wildman–Crippen MR) is 194 cm³/mol. The number of ether oxygens (including phenoxy) is 3. The molecule has 0 aliphatic heterocycles. The van der Waals surface area contributed by atoms with E-state index >= 15 is 0 Å². The highest BCUT2D eigenvalue weighted by atomic mass is 16.5. The number of carbonyl (C=O) groups excluding carboxylic acids is 3. The second-order valence-electron chi connectivity index (χ2n) is 12.2. The maximum atomic E-state index is 13.7. The second kappa shape index (κ2) is 19.1. The molecule has 10 heteroatoms. The summed E-state index contributed by atoms with van der Waals surface area (Å²) in [5, 5.41) is 3.35. The third-order valence-electron chi connectivity index (χ3n) is 8.16. The zero-order valence-electron chi connectivity index (χ0n) is 29.1. The predicted octanol–water partition coefficient (Wildman–Crippen LogP) is 5.52. The van der Waals surface area contributed by atoms with Crippen LogP contribution in [0.2, 0.25) is 0 Å². The van der Waals surface area contributed by atoms with Crippen molar-refractivity contribution >= 4 is 17.8 Å². The molecule has 0 fully saturated rings. The largest absolute Gasteiger partial charge is 0.497 e. The van der Waals surface area contributed by atoms with Crippen molar-refractivity contribution in [1.82, 2.24) is 10.2 Å². The van der Waals surface area contributed by atoms with E-state index in [0.717, 1.165) is 41.0 Å². The lowest BCUT2D eigenvalue weighted by molar-refractivity contribution is 0.0238. The summed E-state index contributed by atoms with van der Waals surface area (Å²) in [7, 11) is 1.61. The zero-order chi connectivity index (χ0) is 35.9. The van der Waals surface area contributed by atoms with E-state index in [9.17, 15) is 14.4 Å². The van der Waals surface area contributed by atoms with Crippen molar-refractivity contribution in [2.75, 3.05) is 26.7 Å². The van der Waals surface area contributed by atoms with Crippen LogP contribution in [-0.4, -0.2) is 61.6 Å². The Balaban J connectivity index is 1.52. The fourth-order valence-electron chi connectivity index (χ4n) is 5.54. The zero-order valence-corrected chi connectivity index (χ0v) is 29.1. The van der Waals surface area contributed by atoms with Gasteiger partial charge in [-0.25, -0.2) is 4.79 Å². The molecule has 0 aromatic heterocycles. The topological polar surface area (TPSA) is 146 Å². The molecule has 2 amide bonds. The van der Waals surface area contributed by atoms with Crippen LogP contribution in [-0.2, 0) is 24.3 Å². The second-order valence-corrected chi connectivity index (χ2v) is 12.2. The molecule has 4 aromatic carbocycles. The van der Waals surface area contributed by atoms with Crippen molar-refractivity contribution in [3.63, 3.8) is 0 Å². The van der Waals surface area contributed by atoms with Gasteiger partial charge in [-0.2, -0.15) is 0 Å². The molecule has 10 nitrogen and oxygen atoms in total. The Bertz CT molecular complexity index is 1690. The lowest BCUT2D eigenvalue weighted by Gasteiger charge is -2.25. The lowest BCUT2D eigenvalue weighted by Crippen LogP contribution is -2.46. The number of hydrogen-bond acceptors (Lipinski definition) is 8. The van der Waals surface area contributed by atoms with Gasteiger partial charge in [-0.3, -0.25) is 9.59 Å². The van der Waals surface area contributed by atoms with Crippen molar-refractivity contribution in [2.45, 2.75) is 58.4 Å². The summed E-state index contributed by atoms with van der Waals surface area (Å²) in [6, 6.07) is 28.9. The average Bonchev–Trinajstić information content (AvgIpc) is 3.14. The lowest BCUT2D eigenvalue weighted by atomic mass is 10.0. The molecule has 0 aliphatic carbocycles. The third-order valence-corrected chi connectivity index (χ3v) is 8.16. The number of nitrogens with two attached hydrogens (primary N) is 2. The third kappa shape index (κ3) is 11.2. The molecule has 0 unspecified atom stereocenters. The Morgan fingerprint density at radius 3 is 2.08 bits per heavy atom. The fraction of sp³-hybridized carbons (Fsp3) is 0.325. The number of hydrogen-bond donors (Lipinski definition) is 3. The Kier molecular flexibility index (Phi) is 14.4. The average molecular weight is 681 g/mol. The van der Waals surface area contributed by atoms with Crippen LogP contribution in [0.15, 0.2) is 97.1 Å². The molecule has 264 valence electrons. The summed E-state index contributed by atoms with van der Waals surface area (Å²) < 4.78 is 17.3. The van der Waals surface area contributed by atoms with Crippen molar-refractivity contribution in [3.8, 4) is 11.5 Å². The maximum absolute atomic E-state index is 13.7. The number of amides is 2. The molecule has 0 bridgehead atoms. The van der Waals surface area contributed by atoms with Gasteiger partial charge in [0.15, 0.2) is 0 Å². The highest BCUT2D eigenvalue weighted by Gasteiger charge is 2.26. The number of benzene rings is 4. The molecular weight excluding hydrogens is 632 g/mol. The number of nitrogens with one attached hydrogen (secondary N) is 1. The molecule has 4 aromatic rings. The summed E-state index contributed by atoms with van der Waals surface area (Å²) in [6.07, 6.45) is 1.17. The first kappa shape index (κ1) is 37.6. The molecule has 0 saturated carbocycles. The van der Waals surface area contributed by atoms with Crippen LogP contribution in [0.25, 0.3) is 0 Å². The van der Waals surface area contributed by atoms with Gasteiger partial charge in [0.2, 0.25) is 5.91 Å². The number of primary amides is 1. The maximum Gasteiger partial charge on any atom is 0.338 e. The number of nitrogens with zero attached hydrogens (tertiary/aromatic N) is 1. The van der Waals surface area contributed by atoms with Gasteiger partial charge < -0.3 is 35.9 Å². The van der Waals surface area contributed by atoms with Crippen LogP contribution >= 0.6 is 0 Å². The minimum atomic E-state index is -0.768. The highest BCUT2D eigenvalue weighted by Crippen LogP contribution is 2.19. The summed E-state index contributed by atoms with van der Waals surface area (Å²) in [5.41, 5.74) is 15.6. The molecule has 5 N–H and O–H groups in total. The van der Waals surface area contributed by atoms with Crippen LogP contribution in [0.5, 0.6) is 11.5 Å². The van der Waals surface area contributed by atoms with Gasteiger partial charge in [0.05, 0.1) is 12.7 Å². The molecule has 2 atom stereocenters. The Hall–Kier alpha value is -5.19. The van der Waals surface area contributed by atoms with Gasteiger partial charge in [-0.05, 0) is 78.4 Å². The highest BCUT2D eigenvalue weighted by molar-refractivity contribution is 6.03. The molecule has 0 heterocycles. The van der Waals surface area contributed by atoms with Crippen LogP contribution < -0.4 is 26.3 Å². The van der Waals surface area contributed by atoms with Crippen molar-refractivity contribution in [3.05, 3.63) is 130 Å². The van der Waals surface area contributed by atoms with E-state index in [2.05, 4.69) is 5.32 Å². The van der Waals surface area contributed by atoms with E-state index in [-0.39, 0.29) is 29.1 Å². The Morgan fingerprint density at radius 2 is 1.42 bits per heavy atom. The SMILES string of the molecule is CCCN(CCC)C(=O)c1cc(C(N)=O)cc(C(=O)O[C@H](CNCc2cccc(OC)c2)[C@@H](N)Cc2ccc(OCc3ccccc3)cc2)c1. The van der Waals surface area contributed by atoms with E-state index in [1.165, 1.54) is 18.2 Å². The summed E-state index contributed by atoms with van der Waals surface area (Å²) in [4.78, 5) is 41.1. The van der Waals surface area contributed by atoms with Crippen molar-refractivity contribution in [2.24, 2.45) is 11.5 Å². The first-order valence-electron chi connectivity index (χ1n) is 17.0. The number of esters is 1. The van der Waals surface area contributed by atoms with Crippen LogP contribution in [0, 0.1) is 0 Å². The minimum absolute atomic E-state index is 0.0438. The number of methoxy groups -OCH3 is 1. The van der Waals surface area contributed by atoms with Gasteiger partial charge in [-0.15, -0.1) is 0 Å². The molecular formula is C40H48N4O6. The van der Waals surface area contributed by atoms with Gasteiger partial charge in [0, 0.05) is 43.3 Å². The molecule has 0 radical (unpaired) electrons. The summed E-state index contributed by atoms with van der Waals surface area (Å²) >= 11 is 0. The van der Waals surface area contributed by atoms with E-state index in [1.807, 2.05) is 92.7 Å². The minimum Gasteiger partial charge on any atom is -0.497 e. The van der Waals surface area contributed by atoms with Crippen LogP contribution in [0.3, 0.4) is 0 Å². The Morgan fingerprint density at radius 1 is 0.760 bits per heavy atom. The molecule has 4 rings (SSSR count). The van der Waals surface area contributed by atoms with E-state index < -0.39 is 24.0 Å². The molecule has 0 saturated heterocycles.